The third kappa shape index (κ3) is 3.44. The topological polar surface area (TPSA) is 56.6 Å². The molecule has 3 heterocycles. The summed E-state index contributed by atoms with van der Waals surface area (Å²) < 4.78 is 13.1. The molecular formula is C15H23N3O3. The van der Waals surface area contributed by atoms with Crippen LogP contribution < -0.4 is 0 Å². The molecule has 0 aromatic carbocycles. The first-order valence-corrected chi connectivity index (χ1v) is 7.72. The third-order valence-electron chi connectivity index (χ3n) is 4.42. The highest BCUT2D eigenvalue weighted by Crippen LogP contribution is 2.28. The molecule has 0 N–H and O–H groups in total. The molecule has 0 aliphatic carbocycles. The van der Waals surface area contributed by atoms with E-state index in [1.165, 1.54) is 0 Å². The summed E-state index contributed by atoms with van der Waals surface area (Å²) in [4.78, 5) is 18.5. The van der Waals surface area contributed by atoms with Gasteiger partial charge in [-0.05, 0) is 18.8 Å². The highest BCUT2D eigenvalue weighted by Gasteiger charge is 2.31. The molecule has 2 saturated heterocycles. The van der Waals surface area contributed by atoms with Gasteiger partial charge in [-0.1, -0.05) is 6.92 Å². The lowest BCUT2D eigenvalue weighted by molar-refractivity contribution is -0.187. The SMILES string of the molecule is C[C@H]1CCN(C(=O)CC2OCCCO2)C[C@@H]1n1ccnc1. The molecule has 0 saturated carbocycles. The van der Waals surface area contributed by atoms with E-state index in [0.717, 1.165) is 25.9 Å². The fraction of sp³-hybridized carbons (Fsp3) is 0.733. The molecule has 1 aromatic heterocycles. The van der Waals surface area contributed by atoms with E-state index in [-0.39, 0.29) is 12.2 Å². The smallest absolute Gasteiger partial charge is 0.227 e. The number of ether oxygens (including phenoxy) is 2. The number of aromatic nitrogens is 2. The number of imidazole rings is 1. The van der Waals surface area contributed by atoms with Crippen LogP contribution in [0.25, 0.3) is 0 Å². The highest BCUT2D eigenvalue weighted by atomic mass is 16.7. The molecule has 3 rings (SSSR count). The normalized spacial score (nSPS) is 27.8. The summed E-state index contributed by atoms with van der Waals surface area (Å²) in [6.07, 6.45) is 7.49. The zero-order valence-corrected chi connectivity index (χ0v) is 12.5. The molecule has 2 atom stereocenters. The summed E-state index contributed by atoms with van der Waals surface area (Å²) >= 11 is 0. The van der Waals surface area contributed by atoms with Crippen LogP contribution in [0.1, 0.15) is 32.2 Å². The first-order chi connectivity index (χ1) is 10.2. The predicted octanol–water partition coefficient (Wildman–Crippen LogP) is 1.45. The Morgan fingerprint density at radius 2 is 2.19 bits per heavy atom. The fourth-order valence-electron chi connectivity index (χ4n) is 3.06. The van der Waals surface area contributed by atoms with E-state index >= 15 is 0 Å². The minimum absolute atomic E-state index is 0.124. The molecule has 6 heteroatoms. The van der Waals surface area contributed by atoms with Crippen molar-refractivity contribution in [2.75, 3.05) is 26.3 Å². The molecule has 1 aromatic rings. The van der Waals surface area contributed by atoms with Crippen molar-refractivity contribution in [3.05, 3.63) is 18.7 Å². The molecule has 0 bridgehead atoms. The lowest BCUT2D eigenvalue weighted by Crippen LogP contribution is -2.45. The summed E-state index contributed by atoms with van der Waals surface area (Å²) in [6.45, 7) is 5.17. The van der Waals surface area contributed by atoms with Crippen molar-refractivity contribution in [3.63, 3.8) is 0 Å². The average Bonchev–Trinajstić information content (AvgIpc) is 3.03. The van der Waals surface area contributed by atoms with E-state index in [0.29, 0.717) is 31.6 Å². The van der Waals surface area contributed by atoms with E-state index in [2.05, 4.69) is 16.5 Å². The average molecular weight is 293 g/mol. The Balaban J connectivity index is 1.59. The van der Waals surface area contributed by atoms with Gasteiger partial charge in [0.1, 0.15) is 0 Å². The van der Waals surface area contributed by atoms with Crippen LogP contribution in [-0.2, 0) is 14.3 Å². The number of hydrogen-bond donors (Lipinski definition) is 0. The van der Waals surface area contributed by atoms with Crippen LogP contribution >= 0.6 is 0 Å². The number of nitrogens with zero attached hydrogens (tertiary/aromatic N) is 3. The van der Waals surface area contributed by atoms with Crippen molar-refractivity contribution in [2.24, 2.45) is 5.92 Å². The molecule has 1 amide bonds. The van der Waals surface area contributed by atoms with Gasteiger partial charge >= 0.3 is 0 Å². The first-order valence-electron chi connectivity index (χ1n) is 7.72. The summed E-state index contributed by atoms with van der Waals surface area (Å²) in [6, 6.07) is 0.304. The Hall–Kier alpha value is -1.40. The van der Waals surface area contributed by atoms with Crippen LogP contribution in [0.5, 0.6) is 0 Å². The second kappa shape index (κ2) is 6.58. The monoisotopic (exact) mass is 293 g/mol. The molecule has 2 aliphatic heterocycles. The summed E-state index contributed by atoms with van der Waals surface area (Å²) in [5, 5.41) is 0. The van der Waals surface area contributed by atoms with E-state index in [9.17, 15) is 4.79 Å². The maximum atomic E-state index is 12.4. The molecule has 0 radical (unpaired) electrons. The molecule has 116 valence electrons. The Bertz CT molecular complexity index is 457. The number of likely N-dealkylation sites (tertiary alicyclic amines) is 1. The Labute approximate surface area is 125 Å². The van der Waals surface area contributed by atoms with E-state index in [1.54, 1.807) is 6.20 Å². The maximum Gasteiger partial charge on any atom is 0.227 e. The van der Waals surface area contributed by atoms with Gasteiger partial charge in [0.25, 0.3) is 0 Å². The van der Waals surface area contributed by atoms with Crippen molar-refractivity contribution in [2.45, 2.75) is 38.5 Å². The minimum Gasteiger partial charge on any atom is -0.352 e. The van der Waals surface area contributed by atoms with Crippen LogP contribution in [-0.4, -0.2) is 53.0 Å². The highest BCUT2D eigenvalue weighted by molar-refractivity contribution is 5.76. The quantitative estimate of drug-likeness (QED) is 0.846. The number of carbonyl (C=O) groups excluding carboxylic acids is 1. The van der Waals surface area contributed by atoms with E-state index in [1.807, 2.05) is 17.4 Å². The Morgan fingerprint density at radius 1 is 1.38 bits per heavy atom. The lowest BCUT2D eigenvalue weighted by atomic mass is 9.93. The van der Waals surface area contributed by atoms with Gasteiger partial charge in [-0.2, -0.15) is 0 Å². The van der Waals surface area contributed by atoms with Crippen molar-refractivity contribution in [3.8, 4) is 0 Å². The number of rotatable bonds is 3. The Kier molecular flexibility index (Phi) is 4.55. The second-order valence-corrected chi connectivity index (χ2v) is 5.91. The number of amides is 1. The Morgan fingerprint density at radius 3 is 2.90 bits per heavy atom. The third-order valence-corrected chi connectivity index (χ3v) is 4.42. The summed E-state index contributed by atoms with van der Waals surface area (Å²) in [7, 11) is 0. The fourth-order valence-corrected chi connectivity index (χ4v) is 3.06. The van der Waals surface area contributed by atoms with Gasteiger partial charge < -0.3 is 18.9 Å². The van der Waals surface area contributed by atoms with Gasteiger partial charge in [-0.25, -0.2) is 4.98 Å². The number of piperidine rings is 1. The number of carbonyl (C=O) groups is 1. The standard InChI is InChI=1S/C15H23N3O3/c1-12-3-5-17(10-13(12)18-6-4-16-11-18)14(19)9-15-20-7-2-8-21-15/h4,6,11-13,15H,2-3,5,7-10H2,1H3/t12-,13-/m0/s1. The van der Waals surface area contributed by atoms with Crippen LogP contribution in [0.4, 0.5) is 0 Å². The van der Waals surface area contributed by atoms with Crippen molar-refractivity contribution in [1.82, 2.24) is 14.5 Å². The van der Waals surface area contributed by atoms with Gasteiger partial charge in [0.15, 0.2) is 6.29 Å². The van der Waals surface area contributed by atoms with Crippen molar-refractivity contribution >= 4 is 5.91 Å². The molecule has 6 nitrogen and oxygen atoms in total. The molecule has 21 heavy (non-hydrogen) atoms. The maximum absolute atomic E-state index is 12.4. The van der Waals surface area contributed by atoms with Gasteiger partial charge in [0, 0.05) is 25.5 Å². The van der Waals surface area contributed by atoms with Crippen LogP contribution in [0, 0.1) is 5.92 Å². The molecular weight excluding hydrogens is 270 g/mol. The van der Waals surface area contributed by atoms with Crippen LogP contribution in [0.15, 0.2) is 18.7 Å². The first kappa shape index (κ1) is 14.5. The van der Waals surface area contributed by atoms with Crippen molar-refractivity contribution < 1.29 is 14.3 Å². The predicted molar refractivity (Wildman–Crippen MR) is 76.6 cm³/mol. The van der Waals surface area contributed by atoms with Gasteiger partial charge in [0.05, 0.1) is 32.0 Å². The second-order valence-electron chi connectivity index (χ2n) is 5.91. The molecule has 2 aliphatic rings. The van der Waals surface area contributed by atoms with Crippen LogP contribution in [0.3, 0.4) is 0 Å². The summed E-state index contributed by atoms with van der Waals surface area (Å²) in [5.41, 5.74) is 0. The minimum atomic E-state index is -0.364. The zero-order valence-electron chi connectivity index (χ0n) is 12.5. The lowest BCUT2D eigenvalue weighted by Gasteiger charge is -2.38. The summed E-state index contributed by atoms with van der Waals surface area (Å²) in [5.74, 6) is 0.671. The van der Waals surface area contributed by atoms with Gasteiger partial charge in [0.2, 0.25) is 5.91 Å². The largest absolute Gasteiger partial charge is 0.352 e. The van der Waals surface area contributed by atoms with Crippen molar-refractivity contribution in [1.29, 1.82) is 0 Å². The van der Waals surface area contributed by atoms with Gasteiger partial charge in [-0.15, -0.1) is 0 Å². The zero-order chi connectivity index (χ0) is 14.7. The van der Waals surface area contributed by atoms with E-state index < -0.39 is 0 Å². The number of hydrogen-bond acceptors (Lipinski definition) is 4. The van der Waals surface area contributed by atoms with Crippen LogP contribution in [0.2, 0.25) is 0 Å². The molecule has 2 fully saturated rings. The van der Waals surface area contributed by atoms with E-state index in [4.69, 9.17) is 9.47 Å². The van der Waals surface area contributed by atoms with Gasteiger partial charge in [-0.3, -0.25) is 4.79 Å². The molecule has 0 unspecified atom stereocenters. The molecule has 0 spiro atoms.